The molecular weight excluding hydrogens is 250 g/mol. The summed E-state index contributed by atoms with van der Waals surface area (Å²) < 4.78 is 5.28. The van der Waals surface area contributed by atoms with Crippen LogP contribution in [-0.2, 0) is 4.74 Å². The molecule has 1 fully saturated rings. The molecule has 0 bridgehead atoms. The Balaban J connectivity index is 2.64. The highest BCUT2D eigenvalue weighted by Gasteiger charge is 2.41. The minimum Gasteiger partial charge on any atom is -0.422 e. The molecule has 110 valence electrons. The van der Waals surface area contributed by atoms with Gasteiger partial charge in [-0.05, 0) is 30.5 Å². The Morgan fingerprint density at radius 1 is 1.55 bits per heavy atom. The van der Waals surface area contributed by atoms with Crippen LogP contribution >= 0.6 is 0 Å². The summed E-state index contributed by atoms with van der Waals surface area (Å²) in [4.78, 5) is 0. The van der Waals surface area contributed by atoms with Crippen LogP contribution in [0, 0.1) is 23.4 Å². The molecule has 1 aliphatic carbocycles. The average molecular weight is 275 g/mol. The van der Waals surface area contributed by atoms with E-state index >= 15 is 0 Å². The summed E-state index contributed by atoms with van der Waals surface area (Å²) in [5.74, 6) is 0.981. The second-order valence-electron chi connectivity index (χ2n) is 5.30. The van der Waals surface area contributed by atoms with Crippen LogP contribution in [0.15, 0.2) is 37.3 Å². The van der Waals surface area contributed by atoms with Crippen molar-refractivity contribution in [3.63, 3.8) is 0 Å². The third kappa shape index (κ3) is 4.34. The monoisotopic (exact) mass is 275 g/mol. The molecule has 2 N–H and O–H groups in total. The molecule has 4 nitrogen and oxygen atoms in total. The summed E-state index contributed by atoms with van der Waals surface area (Å²) in [5, 5.41) is 15.1. The smallest absolute Gasteiger partial charge is 0.286 e. The number of nitrogens with zero attached hydrogens (tertiary/aromatic N) is 1. The zero-order valence-electron chi connectivity index (χ0n) is 12.4. The van der Waals surface area contributed by atoms with Gasteiger partial charge in [-0.25, -0.2) is 0 Å². The number of nitrogens with one attached hydrogen (secondary N) is 2. The Bertz CT molecular complexity index is 397. The van der Waals surface area contributed by atoms with Crippen molar-refractivity contribution in [3.05, 3.63) is 37.3 Å². The number of rotatable bonds is 8. The Morgan fingerprint density at radius 2 is 2.30 bits per heavy atom. The highest BCUT2D eigenvalue weighted by Crippen LogP contribution is 2.37. The van der Waals surface area contributed by atoms with E-state index in [1.165, 1.54) is 6.42 Å². The first kappa shape index (κ1) is 16.2. The van der Waals surface area contributed by atoms with Crippen LogP contribution in [0.1, 0.15) is 33.1 Å². The molecule has 0 aliphatic heterocycles. The summed E-state index contributed by atoms with van der Waals surface area (Å²) in [6.07, 6.45) is 10.3. The Morgan fingerprint density at radius 3 is 2.90 bits per heavy atom. The molecular formula is C16H25N3O. The van der Waals surface area contributed by atoms with E-state index in [0.29, 0.717) is 11.8 Å². The summed E-state index contributed by atoms with van der Waals surface area (Å²) in [6.45, 7) is 11.9. The minimum absolute atomic E-state index is 0.0749. The predicted molar refractivity (Wildman–Crippen MR) is 81.2 cm³/mol. The fourth-order valence-corrected chi connectivity index (χ4v) is 2.96. The molecule has 4 unspecified atom stereocenters. The molecule has 1 aliphatic rings. The number of hydrogen-bond donors (Lipinski definition) is 2. The predicted octanol–water partition coefficient (Wildman–Crippen LogP) is 3.03. The molecule has 0 spiro atoms. The summed E-state index contributed by atoms with van der Waals surface area (Å²) in [6, 6.07) is 0.141. The van der Waals surface area contributed by atoms with Gasteiger partial charge in [-0.2, -0.15) is 5.26 Å². The second-order valence-corrected chi connectivity index (χ2v) is 5.30. The third-order valence-electron chi connectivity index (χ3n) is 3.93. The molecule has 1 rings (SSSR count). The van der Waals surface area contributed by atoms with Crippen molar-refractivity contribution < 1.29 is 4.74 Å². The molecule has 20 heavy (non-hydrogen) atoms. The van der Waals surface area contributed by atoms with Crippen LogP contribution in [0.3, 0.4) is 0 Å². The second kappa shape index (κ2) is 8.31. The van der Waals surface area contributed by atoms with Gasteiger partial charge >= 0.3 is 0 Å². The highest BCUT2D eigenvalue weighted by atomic mass is 16.5. The van der Waals surface area contributed by atoms with Gasteiger partial charge in [0.05, 0.1) is 6.04 Å². The van der Waals surface area contributed by atoms with Crippen LogP contribution < -0.4 is 10.6 Å². The van der Waals surface area contributed by atoms with E-state index < -0.39 is 0 Å². The van der Waals surface area contributed by atoms with Gasteiger partial charge in [-0.1, -0.05) is 39.8 Å². The normalized spacial score (nSPS) is 28.9. The van der Waals surface area contributed by atoms with E-state index in [1.807, 2.05) is 12.3 Å². The molecule has 0 amide bonds. The van der Waals surface area contributed by atoms with Gasteiger partial charge in [-0.15, -0.1) is 0 Å². The quantitative estimate of drug-likeness (QED) is 0.528. The van der Waals surface area contributed by atoms with Gasteiger partial charge in [0.15, 0.2) is 0 Å². The lowest BCUT2D eigenvalue weighted by Gasteiger charge is -2.22. The van der Waals surface area contributed by atoms with E-state index in [2.05, 4.69) is 37.6 Å². The first-order chi connectivity index (χ1) is 9.63. The fraction of sp³-hybridized carbons (Fsp3) is 0.562. The molecule has 0 radical (unpaired) electrons. The topological polar surface area (TPSA) is 57.1 Å². The Labute approximate surface area is 122 Å². The standard InChI is InChI=1S/C16H25N3O/c1-5-7-14-10-15(16(13(14)4)20-11-17)19-12(3)8-9-18-6-2/h6,8-9,13-16,18-19H,2-3,5,7,10H2,1,4H3/b9-8-. The van der Waals surface area contributed by atoms with Crippen molar-refractivity contribution in [3.8, 4) is 6.26 Å². The van der Waals surface area contributed by atoms with Crippen LogP contribution in [-0.4, -0.2) is 12.1 Å². The third-order valence-corrected chi connectivity index (χ3v) is 3.93. The molecule has 0 saturated heterocycles. The van der Waals surface area contributed by atoms with E-state index in [1.54, 1.807) is 12.4 Å². The molecule has 0 aromatic heterocycles. The van der Waals surface area contributed by atoms with Crippen molar-refractivity contribution in [1.29, 1.82) is 5.26 Å². The lowest BCUT2D eigenvalue weighted by Crippen LogP contribution is -2.37. The van der Waals surface area contributed by atoms with Gasteiger partial charge < -0.3 is 15.4 Å². The van der Waals surface area contributed by atoms with Crippen molar-refractivity contribution in [2.24, 2.45) is 11.8 Å². The van der Waals surface area contributed by atoms with Crippen molar-refractivity contribution in [1.82, 2.24) is 10.6 Å². The van der Waals surface area contributed by atoms with Crippen molar-refractivity contribution >= 4 is 0 Å². The summed E-state index contributed by atoms with van der Waals surface area (Å²) >= 11 is 0. The van der Waals surface area contributed by atoms with E-state index in [9.17, 15) is 0 Å². The van der Waals surface area contributed by atoms with Crippen LogP contribution in [0.4, 0.5) is 0 Å². The van der Waals surface area contributed by atoms with Crippen LogP contribution in [0.25, 0.3) is 0 Å². The minimum atomic E-state index is -0.0749. The van der Waals surface area contributed by atoms with Gasteiger partial charge in [0.2, 0.25) is 0 Å². The molecule has 0 aromatic carbocycles. The first-order valence-corrected chi connectivity index (χ1v) is 7.17. The maximum Gasteiger partial charge on any atom is 0.286 e. The number of nitriles is 1. The lowest BCUT2D eigenvalue weighted by atomic mass is 9.93. The maximum absolute atomic E-state index is 8.83. The lowest BCUT2D eigenvalue weighted by molar-refractivity contribution is 0.0982. The molecule has 4 heteroatoms. The largest absolute Gasteiger partial charge is 0.422 e. The zero-order chi connectivity index (χ0) is 15.0. The Hall–Kier alpha value is -1.89. The summed E-state index contributed by atoms with van der Waals surface area (Å²) in [7, 11) is 0. The van der Waals surface area contributed by atoms with E-state index in [4.69, 9.17) is 10.00 Å². The van der Waals surface area contributed by atoms with Crippen molar-refractivity contribution in [2.75, 3.05) is 0 Å². The molecule has 4 atom stereocenters. The number of allylic oxidation sites excluding steroid dienone is 1. The van der Waals surface area contributed by atoms with E-state index in [0.717, 1.165) is 18.5 Å². The summed E-state index contributed by atoms with van der Waals surface area (Å²) in [5.41, 5.74) is 0.806. The molecule has 0 aromatic rings. The first-order valence-electron chi connectivity index (χ1n) is 7.17. The SMILES string of the molecule is C=CN/C=C\C(=C)NC1CC(CCC)C(C)C1OC#N. The maximum atomic E-state index is 8.83. The van der Waals surface area contributed by atoms with Crippen molar-refractivity contribution in [2.45, 2.75) is 45.3 Å². The van der Waals surface area contributed by atoms with E-state index in [-0.39, 0.29) is 12.1 Å². The van der Waals surface area contributed by atoms with Gasteiger partial charge in [0, 0.05) is 11.9 Å². The zero-order valence-corrected chi connectivity index (χ0v) is 12.4. The van der Waals surface area contributed by atoms with Gasteiger partial charge in [0.1, 0.15) is 6.10 Å². The average Bonchev–Trinajstić information content (AvgIpc) is 2.69. The van der Waals surface area contributed by atoms with Crippen LogP contribution in [0.2, 0.25) is 0 Å². The fourth-order valence-electron chi connectivity index (χ4n) is 2.96. The molecule has 1 saturated carbocycles. The van der Waals surface area contributed by atoms with Gasteiger partial charge in [-0.3, -0.25) is 0 Å². The number of ether oxygens (including phenoxy) is 1. The highest BCUT2D eigenvalue weighted by molar-refractivity contribution is 5.15. The molecule has 0 heterocycles. The number of hydrogen-bond acceptors (Lipinski definition) is 4. The Kier molecular flexibility index (Phi) is 6.72. The van der Waals surface area contributed by atoms with Crippen LogP contribution in [0.5, 0.6) is 0 Å². The van der Waals surface area contributed by atoms with Gasteiger partial charge in [0.25, 0.3) is 6.26 Å².